The molecule has 1 rings (SSSR count). The van der Waals surface area contributed by atoms with Crippen molar-refractivity contribution in [2.75, 3.05) is 6.61 Å². The second-order valence-electron chi connectivity index (χ2n) is 3.83. The predicted octanol–water partition coefficient (Wildman–Crippen LogP) is 2.28. The number of hydrogen-bond acceptors (Lipinski definition) is 4. The molecule has 0 fully saturated rings. The van der Waals surface area contributed by atoms with Gasteiger partial charge in [0.05, 0.1) is 13.0 Å². The van der Waals surface area contributed by atoms with Crippen molar-refractivity contribution in [1.82, 2.24) is 14.8 Å². The van der Waals surface area contributed by atoms with Crippen molar-refractivity contribution in [2.24, 2.45) is 0 Å². The Hall–Kier alpha value is -1.60. The molecule has 1 aromatic heterocycles. The van der Waals surface area contributed by atoms with Gasteiger partial charge in [0.25, 0.3) is 0 Å². The fraction of sp³-hybridized carbons (Fsp3) is 0.700. The van der Waals surface area contributed by atoms with Crippen molar-refractivity contribution in [3.05, 3.63) is 11.6 Å². The Kier molecular flexibility index (Phi) is 4.31. The lowest BCUT2D eigenvalue weighted by Crippen LogP contribution is -2.22. The minimum absolute atomic E-state index is 0.123. The fourth-order valence-electron chi connectivity index (χ4n) is 1.66. The van der Waals surface area contributed by atoms with Gasteiger partial charge in [-0.3, -0.25) is 0 Å². The zero-order valence-electron chi connectivity index (χ0n) is 10.3. The van der Waals surface area contributed by atoms with E-state index in [1.165, 1.54) is 13.8 Å². The van der Waals surface area contributed by atoms with Crippen LogP contribution in [0.4, 0.5) is 13.2 Å². The molecule has 0 spiro atoms. The zero-order valence-corrected chi connectivity index (χ0v) is 10.3. The number of hydrogen-bond donors (Lipinski definition) is 0. The molecule has 1 atom stereocenters. The van der Waals surface area contributed by atoms with E-state index in [0.29, 0.717) is 0 Å². The van der Waals surface area contributed by atoms with Crippen LogP contribution in [0.3, 0.4) is 0 Å². The van der Waals surface area contributed by atoms with Crippen molar-refractivity contribution in [2.45, 2.75) is 39.4 Å². The Bertz CT molecular complexity index is 428. The van der Waals surface area contributed by atoms with Crippen LogP contribution >= 0.6 is 0 Å². The van der Waals surface area contributed by atoms with E-state index >= 15 is 0 Å². The van der Waals surface area contributed by atoms with Gasteiger partial charge in [-0.2, -0.15) is 13.2 Å². The summed E-state index contributed by atoms with van der Waals surface area (Å²) in [5.41, 5.74) is 0. The van der Waals surface area contributed by atoms with Gasteiger partial charge in [0, 0.05) is 6.04 Å². The van der Waals surface area contributed by atoms with Gasteiger partial charge in [-0.15, -0.1) is 10.2 Å². The smallest absolute Gasteiger partial charge is 0.391 e. The summed E-state index contributed by atoms with van der Waals surface area (Å²) in [6.07, 6.45) is -5.37. The molecule has 0 aliphatic rings. The van der Waals surface area contributed by atoms with E-state index in [-0.39, 0.29) is 18.3 Å². The average molecular weight is 265 g/mol. The number of rotatable bonds is 4. The minimum Gasteiger partial charge on any atom is -0.460 e. The molecule has 5 nitrogen and oxygen atoms in total. The van der Waals surface area contributed by atoms with Crippen LogP contribution in [0, 0.1) is 6.92 Å². The molecule has 0 aliphatic carbocycles. The summed E-state index contributed by atoms with van der Waals surface area (Å²) >= 11 is 0. The van der Waals surface area contributed by atoms with Crippen molar-refractivity contribution < 1.29 is 22.7 Å². The van der Waals surface area contributed by atoms with Crippen LogP contribution in [0.15, 0.2) is 0 Å². The number of alkyl halides is 3. The van der Waals surface area contributed by atoms with Crippen molar-refractivity contribution in [3.63, 3.8) is 0 Å². The molecule has 1 heterocycles. The molecule has 1 aromatic rings. The molecule has 0 amide bonds. The van der Waals surface area contributed by atoms with E-state index in [0.717, 1.165) is 4.57 Å². The summed E-state index contributed by atoms with van der Waals surface area (Å²) < 4.78 is 42.9. The largest absolute Gasteiger partial charge is 0.460 e. The summed E-state index contributed by atoms with van der Waals surface area (Å²) in [6, 6.07) is -0.959. The molecule has 0 bridgehead atoms. The maximum atomic E-state index is 12.3. The molecule has 1 unspecified atom stereocenters. The van der Waals surface area contributed by atoms with Gasteiger partial charge in [0.2, 0.25) is 5.82 Å². The third-order valence-electron chi connectivity index (χ3n) is 2.29. The summed E-state index contributed by atoms with van der Waals surface area (Å²) in [4.78, 5) is 11.5. The van der Waals surface area contributed by atoms with Crippen LogP contribution in [0.25, 0.3) is 0 Å². The van der Waals surface area contributed by atoms with E-state index in [2.05, 4.69) is 10.2 Å². The molecular formula is C10H14F3N3O2. The van der Waals surface area contributed by atoms with Gasteiger partial charge in [0.15, 0.2) is 0 Å². The lowest BCUT2D eigenvalue weighted by molar-refractivity contribution is -0.141. The Morgan fingerprint density at radius 1 is 1.44 bits per heavy atom. The maximum absolute atomic E-state index is 12.3. The molecular weight excluding hydrogens is 251 g/mol. The Morgan fingerprint density at radius 2 is 2.06 bits per heavy atom. The quantitative estimate of drug-likeness (QED) is 0.784. The molecule has 0 N–H and O–H groups in total. The first-order chi connectivity index (χ1) is 8.26. The third-order valence-corrected chi connectivity index (χ3v) is 2.29. The summed E-state index contributed by atoms with van der Waals surface area (Å²) in [6.45, 7) is 4.57. The van der Waals surface area contributed by atoms with Gasteiger partial charge in [0.1, 0.15) is 5.82 Å². The highest BCUT2D eigenvalue weighted by Gasteiger charge is 2.33. The molecule has 0 radical (unpaired) electrons. The monoisotopic (exact) mass is 265 g/mol. The minimum atomic E-state index is -4.32. The first kappa shape index (κ1) is 14.5. The SMILES string of the molecule is CCOC(=O)c1nnc(C)n1C(C)CC(F)(F)F. The normalized spacial score (nSPS) is 13.4. The first-order valence-electron chi connectivity index (χ1n) is 5.41. The number of halogens is 3. The predicted molar refractivity (Wildman–Crippen MR) is 56.1 cm³/mol. The van der Waals surface area contributed by atoms with E-state index in [4.69, 9.17) is 4.74 Å². The second-order valence-corrected chi connectivity index (χ2v) is 3.83. The Balaban J connectivity index is 3.00. The molecule has 0 aromatic carbocycles. The van der Waals surface area contributed by atoms with Crippen LogP contribution < -0.4 is 0 Å². The second kappa shape index (κ2) is 5.36. The zero-order chi connectivity index (χ0) is 13.9. The van der Waals surface area contributed by atoms with Crippen LogP contribution in [0.2, 0.25) is 0 Å². The standard InChI is InChI=1S/C10H14F3N3O2/c1-4-18-9(17)8-15-14-7(3)16(8)6(2)5-10(11,12)13/h6H,4-5H2,1-3H3. The number of ether oxygens (including phenoxy) is 1. The van der Waals surface area contributed by atoms with E-state index in [9.17, 15) is 18.0 Å². The van der Waals surface area contributed by atoms with E-state index < -0.39 is 24.6 Å². The number of esters is 1. The molecule has 18 heavy (non-hydrogen) atoms. The summed E-state index contributed by atoms with van der Waals surface area (Å²) in [5, 5.41) is 7.17. The lowest BCUT2D eigenvalue weighted by atomic mass is 10.2. The van der Waals surface area contributed by atoms with Crippen molar-refractivity contribution in [1.29, 1.82) is 0 Å². The highest BCUT2D eigenvalue weighted by Crippen LogP contribution is 2.28. The van der Waals surface area contributed by atoms with Gasteiger partial charge in [-0.1, -0.05) is 0 Å². The van der Waals surface area contributed by atoms with Gasteiger partial charge in [-0.05, 0) is 20.8 Å². The lowest BCUT2D eigenvalue weighted by Gasteiger charge is -2.18. The van der Waals surface area contributed by atoms with Crippen molar-refractivity contribution in [3.8, 4) is 0 Å². The third kappa shape index (κ3) is 3.44. The number of aromatic nitrogens is 3. The molecule has 0 aliphatic heterocycles. The van der Waals surface area contributed by atoms with Gasteiger partial charge in [-0.25, -0.2) is 4.79 Å². The Labute approximate surface area is 102 Å². The summed E-state index contributed by atoms with van der Waals surface area (Å²) in [5.74, 6) is -0.729. The van der Waals surface area contributed by atoms with E-state index in [1.54, 1.807) is 6.92 Å². The highest BCUT2D eigenvalue weighted by molar-refractivity contribution is 5.85. The summed E-state index contributed by atoms with van der Waals surface area (Å²) in [7, 11) is 0. The van der Waals surface area contributed by atoms with E-state index in [1.807, 2.05) is 0 Å². The average Bonchev–Trinajstić information content (AvgIpc) is 2.58. The molecule has 0 saturated carbocycles. The molecule has 8 heteroatoms. The maximum Gasteiger partial charge on any atom is 0.391 e. The fourth-order valence-corrected chi connectivity index (χ4v) is 1.66. The number of aryl methyl sites for hydroxylation is 1. The Morgan fingerprint density at radius 3 is 2.56 bits per heavy atom. The topological polar surface area (TPSA) is 57.0 Å². The van der Waals surface area contributed by atoms with Gasteiger partial charge < -0.3 is 9.30 Å². The number of carbonyl (C=O) groups excluding carboxylic acids is 1. The van der Waals surface area contributed by atoms with Crippen LogP contribution in [-0.2, 0) is 4.74 Å². The van der Waals surface area contributed by atoms with Crippen LogP contribution in [-0.4, -0.2) is 33.5 Å². The first-order valence-corrected chi connectivity index (χ1v) is 5.41. The van der Waals surface area contributed by atoms with Crippen molar-refractivity contribution >= 4 is 5.97 Å². The number of carbonyl (C=O) groups is 1. The van der Waals surface area contributed by atoms with Gasteiger partial charge >= 0.3 is 12.1 Å². The molecule has 102 valence electrons. The highest BCUT2D eigenvalue weighted by atomic mass is 19.4. The van der Waals surface area contributed by atoms with Crippen LogP contribution in [0.5, 0.6) is 0 Å². The molecule has 0 saturated heterocycles. The number of nitrogens with zero attached hydrogens (tertiary/aromatic N) is 3. The van der Waals surface area contributed by atoms with Crippen LogP contribution in [0.1, 0.15) is 42.8 Å².